The maximum Gasteiger partial charge on any atom is 0.269 e. The lowest BCUT2D eigenvalue weighted by molar-refractivity contribution is -0.384. The summed E-state index contributed by atoms with van der Waals surface area (Å²) in [6.45, 7) is 7.49. The van der Waals surface area contributed by atoms with E-state index in [9.17, 15) is 10.1 Å². The first kappa shape index (κ1) is 17.9. The SMILES string of the molecule is Cc1cc([N+](=O)[O-])ccc1N=C1CC[C@H]2CCCC[C@@H]2N1CC(C)C. The van der Waals surface area contributed by atoms with E-state index in [-0.39, 0.29) is 10.6 Å². The molecule has 25 heavy (non-hydrogen) atoms. The molecule has 2 atom stereocenters. The van der Waals surface area contributed by atoms with Crippen LogP contribution >= 0.6 is 0 Å². The monoisotopic (exact) mass is 343 g/mol. The lowest BCUT2D eigenvalue weighted by Gasteiger charge is -2.46. The molecule has 0 spiro atoms. The minimum Gasteiger partial charge on any atom is -0.357 e. The number of rotatable bonds is 4. The summed E-state index contributed by atoms with van der Waals surface area (Å²) in [5.41, 5.74) is 1.87. The summed E-state index contributed by atoms with van der Waals surface area (Å²) in [5.74, 6) is 2.59. The molecule has 5 nitrogen and oxygen atoms in total. The zero-order chi connectivity index (χ0) is 18.0. The number of aliphatic imine (C=N–C) groups is 1. The maximum absolute atomic E-state index is 10.9. The molecule has 0 aromatic heterocycles. The van der Waals surface area contributed by atoms with Crippen LogP contribution in [0, 0.1) is 28.9 Å². The Morgan fingerprint density at radius 2 is 2.04 bits per heavy atom. The van der Waals surface area contributed by atoms with Crippen molar-refractivity contribution in [1.29, 1.82) is 0 Å². The maximum atomic E-state index is 10.9. The van der Waals surface area contributed by atoms with Crippen LogP contribution in [0.1, 0.15) is 57.9 Å². The van der Waals surface area contributed by atoms with E-state index < -0.39 is 0 Å². The molecule has 136 valence electrons. The lowest BCUT2D eigenvalue weighted by atomic mass is 9.77. The van der Waals surface area contributed by atoms with Crippen molar-refractivity contribution in [2.75, 3.05) is 6.54 Å². The predicted octanol–water partition coefficient (Wildman–Crippen LogP) is 5.24. The summed E-state index contributed by atoms with van der Waals surface area (Å²) >= 11 is 0. The van der Waals surface area contributed by atoms with Crippen molar-refractivity contribution >= 4 is 17.2 Å². The molecule has 5 heteroatoms. The van der Waals surface area contributed by atoms with E-state index in [1.807, 2.05) is 6.92 Å². The van der Waals surface area contributed by atoms with Gasteiger partial charge in [-0.25, -0.2) is 4.99 Å². The van der Waals surface area contributed by atoms with Gasteiger partial charge in [-0.05, 0) is 49.7 Å². The average molecular weight is 343 g/mol. The third kappa shape index (κ3) is 4.02. The average Bonchev–Trinajstić information content (AvgIpc) is 2.58. The van der Waals surface area contributed by atoms with Crippen LogP contribution in [0.4, 0.5) is 11.4 Å². The van der Waals surface area contributed by atoms with Gasteiger partial charge < -0.3 is 4.90 Å². The van der Waals surface area contributed by atoms with E-state index >= 15 is 0 Å². The highest BCUT2D eigenvalue weighted by Gasteiger charge is 2.36. The molecule has 0 radical (unpaired) electrons. The van der Waals surface area contributed by atoms with Crippen molar-refractivity contribution in [3.63, 3.8) is 0 Å². The van der Waals surface area contributed by atoms with E-state index in [0.717, 1.165) is 30.1 Å². The Balaban J connectivity index is 1.90. The first-order valence-corrected chi connectivity index (χ1v) is 9.55. The van der Waals surface area contributed by atoms with Crippen LogP contribution in [-0.4, -0.2) is 28.2 Å². The number of likely N-dealkylation sites (tertiary alicyclic amines) is 1. The molecule has 1 saturated heterocycles. The van der Waals surface area contributed by atoms with Gasteiger partial charge in [0.15, 0.2) is 0 Å². The highest BCUT2D eigenvalue weighted by atomic mass is 16.6. The zero-order valence-corrected chi connectivity index (χ0v) is 15.6. The molecule has 1 heterocycles. The van der Waals surface area contributed by atoms with Crippen LogP contribution in [0.25, 0.3) is 0 Å². The Labute approximate surface area is 150 Å². The van der Waals surface area contributed by atoms with Crippen LogP contribution in [-0.2, 0) is 0 Å². The third-order valence-electron chi connectivity index (χ3n) is 5.54. The summed E-state index contributed by atoms with van der Waals surface area (Å²) in [4.78, 5) is 18.1. The van der Waals surface area contributed by atoms with Crippen LogP contribution in [0.3, 0.4) is 0 Å². The smallest absolute Gasteiger partial charge is 0.269 e. The van der Waals surface area contributed by atoms with Gasteiger partial charge in [0, 0.05) is 31.1 Å². The number of non-ortho nitro benzene ring substituents is 1. The Morgan fingerprint density at radius 3 is 2.72 bits per heavy atom. The van der Waals surface area contributed by atoms with Crippen molar-refractivity contribution < 1.29 is 4.92 Å². The molecular weight excluding hydrogens is 314 g/mol. The second-order valence-corrected chi connectivity index (χ2v) is 7.95. The zero-order valence-electron chi connectivity index (χ0n) is 15.6. The van der Waals surface area contributed by atoms with Crippen LogP contribution in [0.2, 0.25) is 0 Å². The summed E-state index contributed by atoms with van der Waals surface area (Å²) in [5, 5.41) is 10.9. The molecule has 1 aliphatic carbocycles. The highest BCUT2D eigenvalue weighted by molar-refractivity contribution is 5.86. The van der Waals surface area contributed by atoms with Gasteiger partial charge in [-0.1, -0.05) is 26.7 Å². The molecule has 1 saturated carbocycles. The largest absolute Gasteiger partial charge is 0.357 e. The van der Waals surface area contributed by atoms with Gasteiger partial charge in [-0.2, -0.15) is 0 Å². The molecule has 1 aliphatic heterocycles. The van der Waals surface area contributed by atoms with Gasteiger partial charge in [0.2, 0.25) is 0 Å². The second-order valence-electron chi connectivity index (χ2n) is 7.95. The van der Waals surface area contributed by atoms with Crippen molar-refractivity contribution in [3.05, 3.63) is 33.9 Å². The second kappa shape index (κ2) is 7.54. The number of hydrogen-bond acceptors (Lipinski definition) is 3. The van der Waals surface area contributed by atoms with Crippen molar-refractivity contribution in [3.8, 4) is 0 Å². The Hall–Kier alpha value is -1.91. The van der Waals surface area contributed by atoms with Crippen LogP contribution < -0.4 is 0 Å². The fraction of sp³-hybridized carbons (Fsp3) is 0.650. The minimum absolute atomic E-state index is 0.136. The molecule has 1 aromatic rings. The van der Waals surface area contributed by atoms with E-state index in [1.165, 1.54) is 37.9 Å². The minimum atomic E-state index is -0.345. The molecule has 2 fully saturated rings. The molecule has 2 aliphatic rings. The quantitative estimate of drug-likeness (QED) is 0.554. The van der Waals surface area contributed by atoms with Gasteiger partial charge in [-0.15, -0.1) is 0 Å². The fourth-order valence-electron chi connectivity index (χ4n) is 4.36. The first-order chi connectivity index (χ1) is 12.0. The van der Waals surface area contributed by atoms with Gasteiger partial charge in [0.05, 0.1) is 10.6 Å². The van der Waals surface area contributed by atoms with E-state index in [1.54, 1.807) is 18.2 Å². The molecular formula is C20H29N3O2. The highest BCUT2D eigenvalue weighted by Crippen LogP contribution is 2.37. The first-order valence-electron chi connectivity index (χ1n) is 9.55. The lowest BCUT2D eigenvalue weighted by Crippen LogP contribution is -2.51. The molecule has 3 rings (SSSR count). The van der Waals surface area contributed by atoms with Crippen LogP contribution in [0.15, 0.2) is 23.2 Å². The summed E-state index contributed by atoms with van der Waals surface area (Å²) in [6, 6.07) is 5.60. The van der Waals surface area contributed by atoms with Gasteiger partial charge in [0.25, 0.3) is 5.69 Å². The predicted molar refractivity (Wildman–Crippen MR) is 101 cm³/mol. The molecule has 0 bridgehead atoms. The number of benzene rings is 1. The molecule has 1 aromatic carbocycles. The fourth-order valence-corrected chi connectivity index (χ4v) is 4.36. The van der Waals surface area contributed by atoms with Crippen LogP contribution in [0.5, 0.6) is 0 Å². The summed E-state index contributed by atoms with van der Waals surface area (Å²) in [7, 11) is 0. The van der Waals surface area contributed by atoms with Gasteiger partial charge >= 0.3 is 0 Å². The number of hydrogen-bond donors (Lipinski definition) is 0. The van der Waals surface area contributed by atoms with E-state index in [2.05, 4.69) is 18.7 Å². The van der Waals surface area contributed by atoms with Gasteiger partial charge in [0.1, 0.15) is 5.84 Å². The van der Waals surface area contributed by atoms with Crippen molar-refractivity contribution in [2.24, 2.45) is 16.8 Å². The van der Waals surface area contributed by atoms with Crippen molar-refractivity contribution in [1.82, 2.24) is 4.90 Å². The third-order valence-corrected chi connectivity index (χ3v) is 5.54. The normalized spacial score (nSPS) is 25.3. The Kier molecular flexibility index (Phi) is 5.40. The number of aryl methyl sites for hydroxylation is 1. The topological polar surface area (TPSA) is 58.7 Å². The Bertz CT molecular complexity index is 669. The number of amidine groups is 1. The molecule has 0 unspecified atom stereocenters. The van der Waals surface area contributed by atoms with Crippen molar-refractivity contribution in [2.45, 2.75) is 65.3 Å². The number of nitro groups is 1. The van der Waals surface area contributed by atoms with E-state index in [4.69, 9.17) is 4.99 Å². The summed E-state index contributed by atoms with van der Waals surface area (Å²) in [6.07, 6.45) is 7.55. The standard InChI is InChI=1S/C20H29N3O2/c1-14(2)13-22-19-7-5-4-6-16(19)8-11-20(22)21-18-10-9-17(23(24)25)12-15(18)3/h9-10,12,14,16,19H,4-8,11,13H2,1-3H3/t16-,19+/m1/s1. The summed E-state index contributed by atoms with van der Waals surface area (Å²) < 4.78 is 0. The number of nitro benzene ring substituents is 1. The number of nitrogens with zero attached hydrogens (tertiary/aromatic N) is 3. The molecule has 0 amide bonds. The van der Waals surface area contributed by atoms with Gasteiger partial charge in [-0.3, -0.25) is 10.1 Å². The van der Waals surface area contributed by atoms with E-state index in [0.29, 0.717) is 12.0 Å². The number of fused-ring (bicyclic) bond motifs is 1. The number of piperidine rings is 1. The Morgan fingerprint density at radius 1 is 1.28 bits per heavy atom. The molecule has 0 N–H and O–H groups in total.